The van der Waals surface area contributed by atoms with Crippen LogP contribution in [0.15, 0.2) is 12.4 Å². The van der Waals surface area contributed by atoms with Gasteiger partial charge in [0.05, 0.1) is 24.4 Å². The van der Waals surface area contributed by atoms with Crippen molar-refractivity contribution in [3.63, 3.8) is 0 Å². The molecule has 0 saturated carbocycles. The van der Waals surface area contributed by atoms with E-state index in [1.54, 1.807) is 43.1 Å². The Bertz CT molecular complexity index is 500. The lowest BCUT2D eigenvalue weighted by Gasteiger charge is -2.17. The van der Waals surface area contributed by atoms with Gasteiger partial charge in [-0.3, -0.25) is 14.3 Å². The van der Waals surface area contributed by atoms with Crippen molar-refractivity contribution in [2.45, 2.75) is 19.4 Å². The molecule has 20 heavy (non-hydrogen) atoms. The molecule has 0 radical (unpaired) electrons. The average molecular weight is 280 g/mol. The molecule has 7 nitrogen and oxygen atoms in total. The average Bonchev–Trinajstić information content (AvgIpc) is 2.97. The van der Waals surface area contributed by atoms with Crippen molar-refractivity contribution in [3.8, 4) is 0 Å². The Hall–Kier alpha value is -1.89. The molecule has 1 fully saturated rings. The molecule has 1 aliphatic heterocycles. The van der Waals surface area contributed by atoms with Crippen molar-refractivity contribution in [1.82, 2.24) is 15.1 Å². The first-order chi connectivity index (χ1) is 9.52. The van der Waals surface area contributed by atoms with Crippen molar-refractivity contribution < 1.29 is 14.3 Å². The lowest BCUT2D eigenvalue weighted by Crippen LogP contribution is -2.44. The second-order valence-corrected chi connectivity index (χ2v) is 5.07. The van der Waals surface area contributed by atoms with Crippen molar-refractivity contribution in [3.05, 3.63) is 12.4 Å². The van der Waals surface area contributed by atoms with Crippen molar-refractivity contribution >= 4 is 17.5 Å². The first kappa shape index (κ1) is 14.5. The summed E-state index contributed by atoms with van der Waals surface area (Å²) in [7, 11) is 3.35. The van der Waals surface area contributed by atoms with E-state index in [4.69, 9.17) is 4.74 Å². The van der Waals surface area contributed by atoms with E-state index in [1.165, 1.54) is 0 Å². The Kier molecular flexibility index (Phi) is 4.39. The van der Waals surface area contributed by atoms with Crippen LogP contribution in [0.1, 0.15) is 13.3 Å². The highest BCUT2D eigenvalue weighted by atomic mass is 16.5. The third-order valence-electron chi connectivity index (χ3n) is 3.39. The molecule has 0 bridgehead atoms. The largest absolute Gasteiger partial charge is 0.384 e. The summed E-state index contributed by atoms with van der Waals surface area (Å²) in [5.41, 5.74) is 0.763. The summed E-state index contributed by atoms with van der Waals surface area (Å²) < 4.78 is 6.59. The predicted molar refractivity (Wildman–Crippen MR) is 73.1 cm³/mol. The smallest absolute Gasteiger partial charge is 0.249 e. The van der Waals surface area contributed by atoms with E-state index in [9.17, 15) is 9.59 Å². The highest BCUT2D eigenvalue weighted by Crippen LogP contribution is 2.20. The summed E-state index contributed by atoms with van der Waals surface area (Å²) in [6.45, 7) is 2.71. The zero-order valence-corrected chi connectivity index (χ0v) is 12.0. The van der Waals surface area contributed by atoms with Crippen molar-refractivity contribution in [1.29, 1.82) is 0 Å². The molecule has 1 saturated heterocycles. The molecule has 2 heterocycles. The van der Waals surface area contributed by atoms with E-state index >= 15 is 0 Å². The van der Waals surface area contributed by atoms with Gasteiger partial charge in [-0.05, 0) is 6.42 Å². The van der Waals surface area contributed by atoms with Crippen LogP contribution < -0.4 is 10.2 Å². The number of aryl methyl sites for hydroxylation is 1. The maximum atomic E-state index is 12.3. The Labute approximate surface area is 117 Å². The van der Waals surface area contributed by atoms with E-state index in [2.05, 4.69) is 10.4 Å². The lowest BCUT2D eigenvalue weighted by atomic mass is 10.1. The number of ether oxygens (including phenoxy) is 1. The number of methoxy groups -OCH3 is 1. The van der Waals surface area contributed by atoms with Crippen LogP contribution in [0.25, 0.3) is 0 Å². The van der Waals surface area contributed by atoms with Gasteiger partial charge in [-0.2, -0.15) is 5.10 Å². The Morgan fingerprint density at radius 3 is 3.00 bits per heavy atom. The molecule has 1 aromatic rings. The quantitative estimate of drug-likeness (QED) is 0.819. The Morgan fingerprint density at radius 2 is 2.40 bits per heavy atom. The van der Waals surface area contributed by atoms with Crippen LogP contribution in [0, 0.1) is 5.92 Å². The predicted octanol–water partition coefficient (Wildman–Crippen LogP) is -0.0759. The van der Waals surface area contributed by atoms with Gasteiger partial charge in [-0.1, -0.05) is 6.92 Å². The van der Waals surface area contributed by atoms with E-state index in [0.717, 1.165) is 5.69 Å². The fourth-order valence-electron chi connectivity index (χ4n) is 2.26. The molecular weight excluding hydrogens is 260 g/mol. The fraction of sp³-hybridized carbons (Fsp3) is 0.615. The van der Waals surface area contributed by atoms with Crippen LogP contribution in [0.5, 0.6) is 0 Å². The number of hydrogen-bond donors (Lipinski definition) is 1. The molecule has 1 aromatic heterocycles. The van der Waals surface area contributed by atoms with E-state index < -0.39 is 6.04 Å². The van der Waals surface area contributed by atoms with Gasteiger partial charge in [0.15, 0.2) is 0 Å². The molecule has 0 spiro atoms. The molecule has 1 aliphatic rings. The zero-order valence-electron chi connectivity index (χ0n) is 12.0. The van der Waals surface area contributed by atoms with E-state index in [-0.39, 0.29) is 17.7 Å². The minimum Gasteiger partial charge on any atom is -0.384 e. The van der Waals surface area contributed by atoms with Crippen molar-refractivity contribution in [2.75, 3.05) is 25.2 Å². The number of aromatic nitrogens is 2. The van der Waals surface area contributed by atoms with Crippen LogP contribution in [0.2, 0.25) is 0 Å². The van der Waals surface area contributed by atoms with Crippen LogP contribution in [0.3, 0.4) is 0 Å². The molecule has 2 rings (SSSR count). The number of nitrogens with zero attached hydrogens (tertiary/aromatic N) is 3. The van der Waals surface area contributed by atoms with Crippen LogP contribution in [-0.4, -0.2) is 47.9 Å². The Balaban J connectivity index is 1.96. The van der Waals surface area contributed by atoms with E-state index in [0.29, 0.717) is 19.6 Å². The zero-order chi connectivity index (χ0) is 14.7. The van der Waals surface area contributed by atoms with E-state index in [1.807, 2.05) is 0 Å². The molecular formula is C13H20N4O3. The van der Waals surface area contributed by atoms with Crippen molar-refractivity contribution in [2.24, 2.45) is 13.0 Å². The first-order valence-corrected chi connectivity index (χ1v) is 6.62. The fourth-order valence-corrected chi connectivity index (χ4v) is 2.26. The summed E-state index contributed by atoms with van der Waals surface area (Å²) in [6.07, 6.45) is 4.05. The van der Waals surface area contributed by atoms with Gasteiger partial charge in [0.25, 0.3) is 0 Å². The minimum absolute atomic E-state index is 0.0871. The van der Waals surface area contributed by atoms with Gasteiger partial charge in [0.1, 0.15) is 6.04 Å². The standard InChI is InChI=1S/C13H20N4O3/c1-9(8-20-3)12(18)15-11-4-5-17(13(11)19)10-6-14-16(2)7-10/h6-7,9,11H,4-5,8H2,1-3H3,(H,15,18). The number of anilines is 1. The maximum Gasteiger partial charge on any atom is 0.249 e. The van der Waals surface area contributed by atoms with Crippen LogP contribution in [0.4, 0.5) is 5.69 Å². The van der Waals surface area contributed by atoms with Gasteiger partial charge in [0.2, 0.25) is 11.8 Å². The van der Waals surface area contributed by atoms with Gasteiger partial charge in [0, 0.05) is 26.9 Å². The van der Waals surface area contributed by atoms with Crippen LogP contribution in [-0.2, 0) is 21.4 Å². The van der Waals surface area contributed by atoms with Gasteiger partial charge < -0.3 is 15.0 Å². The Morgan fingerprint density at radius 1 is 1.65 bits per heavy atom. The molecule has 1 N–H and O–H groups in total. The number of amides is 2. The summed E-state index contributed by atoms with van der Waals surface area (Å²) in [5.74, 6) is -0.505. The maximum absolute atomic E-state index is 12.3. The van der Waals surface area contributed by atoms with Gasteiger partial charge >= 0.3 is 0 Å². The first-order valence-electron chi connectivity index (χ1n) is 6.62. The summed E-state index contributed by atoms with van der Waals surface area (Å²) in [4.78, 5) is 25.8. The molecule has 110 valence electrons. The molecule has 2 atom stereocenters. The summed E-state index contributed by atoms with van der Waals surface area (Å²) in [6, 6.07) is -0.456. The molecule has 2 unspecified atom stereocenters. The normalized spacial score (nSPS) is 20.2. The second kappa shape index (κ2) is 6.04. The number of rotatable bonds is 5. The third-order valence-corrected chi connectivity index (χ3v) is 3.39. The number of carbonyl (C=O) groups is 2. The topological polar surface area (TPSA) is 76.5 Å². The van der Waals surface area contributed by atoms with Gasteiger partial charge in [-0.15, -0.1) is 0 Å². The monoisotopic (exact) mass is 280 g/mol. The number of carbonyl (C=O) groups excluding carboxylic acids is 2. The highest BCUT2D eigenvalue weighted by Gasteiger charge is 2.34. The highest BCUT2D eigenvalue weighted by molar-refractivity contribution is 6.01. The summed E-state index contributed by atoms with van der Waals surface area (Å²) in [5, 5.41) is 6.84. The minimum atomic E-state index is -0.456. The SMILES string of the molecule is COCC(C)C(=O)NC1CCN(c2cnn(C)c2)C1=O. The van der Waals surface area contributed by atoms with Gasteiger partial charge in [-0.25, -0.2) is 0 Å². The lowest BCUT2D eigenvalue weighted by molar-refractivity contribution is -0.129. The number of nitrogens with one attached hydrogen (secondary N) is 1. The summed E-state index contributed by atoms with van der Waals surface area (Å²) >= 11 is 0. The number of hydrogen-bond acceptors (Lipinski definition) is 4. The van der Waals surface area contributed by atoms with Crippen LogP contribution >= 0.6 is 0 Å². The molecule has 0 aliphatic carbocycles. The molecule has 7 heteroatoms. The second-order valence-electron chi connectivity index (χ2n) is 5.07. The molecule has 2 amide bonds. The third kappa shape index (κ3) is 2.98. The molecule has 0 aromatic carbocycles.